The molecule has 0 unspecified atom stereocenters. The van der Waals surface area contributed by atoms with E-state index in [1.54, 1.807) is 0 Å². The van der Waals surface area contributed by atoms with Crippen LogP contribution < -0.4 is 0 Å². The molecule has 0 radical (unpaired) electrons. The monoisotopic (exact) mass is 855 g/mol. The SMILES string of the molecule is CC(C)=CCC/C(C)=C\CC/C(C)=C/CC/C(C)=C/CC/C(C)=C\CC/C(C)=C/CC/C(C)=C/CC/C(C)=C/CC/C(C)=C/CC/C(C)=C/Cc1c(C)c(O)c2ccccc2c1O. The van der Waals surface area contributed by atoms with E-state index in [-0.39, 0.29) is 11.5 Å². The molecule has 0 aromatic heterocycles. The lowest BCUT2D eigenvalue weighted by molar-refractivity contribution is 0.461. The highest BCUT2D eigenvalue weighted by Gasteiger charge is 2.15. The molecule has 0 spiro atoms. The lowest BCUT2D eigenvalue weighted by atomic mass is 9.95. The summed E-state index contributed by atoms with van der Waals surface area (Å²) in [6.45, 7) is 26.7. The Morgan fingerprint density at radius 3 is 0.857 bits per heavy atom. The predicted molar refractivity (Wildman–Crippen MR) is 282 cm³/mol. The van der Waals surface area contributed by atoms with E-state index in [1.165, 1.54) is 81.4 Å². The maximum Gasteiger partial charge on any atom is 0.127 e. The van der Waals surface area contributed by atoms with Gasteiger partial charge in [-0.25, -0.2) is 0 Å². The Morgan fingerprint density at radius 1 is 0.349 bits per heavy atom. The Morgan fingerprint density at radius 2 is 0.587 bits per heavy atom. The van der Waals surface area contributed by atoms with Crippen LogP contribution in [0.25, 0.3) is 10.8 Å². The third-order valence-corrected chi connectivity index (χ3v) is 12.5. The molecule has 0 aliphatic carbocycles. The quantitative estimate of drug-likeness (QED) is 0.0632. The Balaban J connectivity index is 1.60. The van der Waals surface area contributed by atoms with Crippen molar-refractivity contribution in [1.29, 1.82) is 0 Å². The molecule has 0 saturated heterocycles. The van der Waals surface area contributed by atoms with Gasteiger partial charge in [0.05, 0.1) is 0 Å². The van der Waals surface area contributed by atoms with Gasteiger partial charge in [0.1, 0.15) is 11.5 Å². The number of phenolic OH excluding ortho intramolecular Hbond substituents is 2. The fourth-order valence-electron chi connectivity index (χ4n) is 7.98. The van der Waals surface area contributed by atoms with Gasteiger partial charge in [-0.1, -0.05) is 141 Å². The van der Waals surface area contributed by atoms with Gasteiger partial charge in [-0.2, -0.15) is 0 Å². The molecule has 2 rings (SSSR count). The lowest BCUT2D eigenvalue weighted by Crippen LogP contribution is -1.92. The zero-order chi connectivity index (χ0) is 46.6. The average molecular weight is 855 g/mol. The van der Waals surface area contributed by atoms with Gasteiger partial charge in [-0.3, -0.25) is 0 Å². The topological polar surface area (TPSA) is 40.5 Å². The Bertz CT molecular complexity index is 2020. The van der Waals surface area contributed by atoms with Crippen LogP contribution in [0.4, 0.5) is 0 Å². The van der Waals surface area contributed by atoms with Crippen LogP contribution in [-0.2, 0) is 6.42 Å². The van der Waals surface area contributed by atoms with E-state index in [1.807, 2.05) is 31.2 Å². The van der Waals surface area contributed by atoms with E-state index >= 15 is 0 Å². The van der Waals surface area contributed by atoms with Crippen LogP contribution in [0.1, 0.15) is 203 Å². The van der Waals surface area contributed by atoms with E-state index in [0.717, 1.165) is 101 Å². The molecule has 2 heteroatoms. The standard InChI is InChI=1S/C61H90O2/c1-46(2)24-15-25-47(3)26-16-27-48(4)28-17-29-49(5)30-18-31-50(6)32-19-33-51(7)34-20-35-52(8)36-21-37-53(9)38-22-39-54(10)40-23-41-55(11)44-45-57-56(12)60(62)58-42-13-14-43-59(58)61(57)63/h13-14,24,26,28,30,32,34,36,38,40,42-44,62-63H,15-23,25,27,29,31,33,35,37,39,41,45H2,1-12H3/b47-26-,48-28+,49-30+,50-32-,51-34+,52-36+,53-38+,54-40+,55-44+. The maximum absolute atomic E-state index is 10.9. The van der Waals surface area contributed by atoms with Crippen LogP contribution in [0.15, 0.2) is 141 Å². The number of hydrogen-bond acceptors (Lipinski definition) is 2. The number of phenols is 2. The Labute approximate surface area is 387 Å². The molecule has 0 fully saturated rings. The molecule has 0 atom stereocenters. The van der Waals surface area contributed by atoms with Crippen LogP contribution in [0.5, 0.6) is 11.5 Å². The Hall–Kier alpha value is -4.30. The Kier molecular flexibility index (Phi) is 27.4. The predicted octanol–water partition coefficient (Wildman–Crippen LogP) is 19.6. The first-order valence-corrected chi connectivity index (χ1v) is 24.5. The van der Waals surface area contributed by atoms with E-state index < -0.39 is 0 Å². The highest BCUT2D eigenvalue weighted by atomic mass is 16.3. The largest absolute Gasteiger partial charge is 0.507 e. The van der Waals surface area contributed by atoms with Gasteiger partial charge >= 0.3 is 0 Å². The summed E-state index contributed by atoms with van der Waals surface area (Å²) in [5, 5.41) is 23.0. The van der Waals surface area contributed by atoms with Gasteiger partial charge < -0.3 is 10.2 Å². The second-order valence-electron chi connectivity index (χ2n) is 19.1. The zero-order valence-corrected chi connectivity index (χ0v) is 42.4. The summed E-state index contributed by atoms with van der Waals surface area (Å²) in [5.74, 6) is 0.548. The second kappa shape index (κ2) is 31.5. The molecule has 2 aromatic rings. The van der Waals surface area contributed by atoms with Gasteiger partial charge in [0.25, 0.3) is 0 Å². The number of hydrogen-bond donors (Lipinski definition) is 2. The van der Waals surface area contributed by atoms with Crippen molar-refractivity contribution in [1.82, 2.24) is 0 Å². The molecule has 2 nitrogen and oxygen atoms in total. The number of rotatable bonds is 29. The van der Waals surface area contributed by atoms with Crippen molar-refractivity contribution in [3.63, 3.8) is 0 Å². The molecule has 0 bridgehead atoms. The average Bonchev–Trinajstić information content (AvgIpc) is 3.22. The van der Waals surface area contributed by atoms with Gasteiger partial charge in [0.15, 0.2) is 0 Å². The summed E-state index contributed by atoms with van der Waals surface area (Å²) in [4.78, 5) is 0. The first-order chi connectivity index (χ1) is 30.1. The van der Waals surface area contributed by atoms with Gasteiger partial charge in [0.2, 0.25) is 0 Å². The van der Waals surface area contributed by atoms with Crippen molar-refractivity contribution in [2.75, 3.05) is 0 Å². The number of fused-ring (bicyclic) bond motifs is 1. The van der Waals surface area contributed by atoms with E-state index in [2.05, 4.69) is 137 Å². The van der Waals surface area contributed by atoms with E-state index in [0.29, 0.717) is 17.2 Å². The third-order valence-electron chi connectivity index (χ3n) is 12.5. The van der Waals surface area contributed by atoms with Crippen LogP contribution in [0, 0.1) is 6.92 Å². The molecule has 63 heavy (non-hydrogen) atoms. The number of allylic oxidation sites excluding steroid dienone is 20. The second-order valence-corrected chi connectivity index (χ2v) is 19.1. The molecule has 2 N–H and O–H groups in total. The first kappa shape index (κ1) is 54.8. The molecule has 0 aliphatic heterocycles. The summed E-state index contributed by atoms with van der Waals surface area (Å²) in [6, 6.07) is 7.51. The number of aromatic hydroxyl groups is 2. The number of benzene rings is 2. The molecule has 0 heterocycles. The minimum atomic E-state index is 0.267. The van der Waals surface area contributed by atoms with Crippen LogP contribution in [0.3, 0.4) is 0 Å². The van der Waals surface area contributed by atoms with Gasteiger partial charge in [0, 0.05) is 16.3 Å². The minimum Gasteiger partial charge on any atom is -0.507 e. The molecule has 0 aliphatic rings. The molecule has 0 amide bonds. The molecular weight excluding hydrogens is 765 g/mol. The van der Waals surface area contributed by atoms with Crippen molar-refractivity contribution in [2.45, 2.75) is 205 Å². The highest BCUT2D eigenvalue weighted by molar-refractivity contribution is 5.95. The lowest BCUT2D eigenvalue weighted by Gasteiger charge is -2.13. The van der Waals surface area contributed by atoms with Crippen LogP contribution >= 0.6 is 0 Å². The highest BCUT2D eigenvalue weighted by Crippen LogP contribution is 2.39. The van der Waals surface area contributed by atoms with Crippen LogP contribution in [0.2, 0.25) is 0 Å². The third kappa shape index (κ3) is 24.4. The van der Waals surface area contributed by atoms with Gasteiger partial charge in [-0.05, 0) is 211 Å². The van der Waals surface area contributed by atoms with E-state index in [4.69, 9.17) is 0 Å². The smallest absolute Gasteiger partial charge is 0.127 e. The molecule has 0 saturated carbocycles. The molecule has 346 valence electrons. The fraction of sp³-hybridized carbons (Fsp3) is 0.508. The normalized spacial score (nSPS) is 14.3. The van der Waals surface area contributed by atoms with Crippen molar-refractivity contribution in [3.8, 4) is 11.5 Å². The van der Waals surface area contributed by atoms with Gasteiger partial charge in [-0.15, -0.1) is 0 Å². The van der Waals surface area contributed by atoms with Crippen molar-refractivity contribution < 1.29 is 10.2 Å². The maximum atomic E-state index is 10.9. The van der Waals surface area contributed by atoms with E-state index in [9.17, 15) is 10.2 Å². The van der Waals surface area contributed by atoms with Crippen molar-refractivity contribution in [2.24, 2.45) is 0 Å². The zero-order valence-electron chi connectivity index (χ0n) is 42.4. The summed E-state index contributed by atoms with van der Waals surface area (Å²) in [6.07, 6.45) is 45.1. The van der Waals surface area contributed by atoms with Crippen LogP contribution in [-0.4, -0.2) is 10.2 Å². The molecular formula is C61H90O2. The molecule has 2 aromatic carbocycles. The minimum absolute atomic E-state index is 0.267. The summed E-state index contributed by atoms with van der Waals surface area (Å²) in [5.41, 5.74) is 16.3. The van der Waals surface area contributed by atoms with Crippen molar-refractivity contribution in [3.05, 3.63) is 152 Å². The summed E-state index contributed by atoms with van der Waals surface area (Å²) >= 11 is 0. The van der Waals surface area contributed by atoms with Crippen molar-refractivity contribution >= 4 is 10.8 Å². The summed E-state index contributed by atoms with van der Waals surface area (Å²) < 4.78 is 0. The fourth-order valence-corrected chi connectivity index (χ4v) is 7.98. The summed E-state index contributed by atoms with van der Waals surface area (Å²) in [7, 11) is 0. The first-order valence-electron chi connectivity index (χ1n) is 24.5.